The molecule has 1 aliphatic heterocycles. The molecule has 0 spiro atoms. The molecule has 3 rings (SSSR count). The van der Waals surface area contributed by atoms with Crippen LogP contribution in [0.15, 0.2) is 47.7 Å². The number of hydrogen-bond acceptors (Lipinski definition) is 5. The van der Waals surface area contributed by atoms with Crippen LogP contribution in [0.1, 0.15) is 5.56 Å². The summed E-state index contributed by atoms with van der Waals surface area (Å²) in [6.07, 6.45) is -0.882. The molecule has 1 N–H and O–H groups in total. The van der Waals surface area contributed by atoms with Gasteiger partial charge in [0.1, 0.15) is 5.75 Å². The highest BCUT2D eigenvalue weighted by Crippen LogP contribution is 2.19. The highest BCUT2D eigenvalue weighted by atomic mass is 19.4. The summed E-state index contributed by atoms with van der Waals surface area (Å²) in [5.41, 5.74) is 0.918. The Morgan fingerprint density at radius 3 is 2.34 bits per heavy atom. The molecule has 29 heavy (non-hydrogen) atoms. The molecule has 1 fully saturated rings. The Kier molecular flexibility index (Phi) is 6.73. The monoisotopic (exact) mass is 408 g/mol. The molecule has 0 aliphatic carbocycles. The maximum Gasteiger partial charge on any atom is 0.422 e. The minimum atomic E-state index is -4.34. The van der Waals surface area contributed by atoms with Crippen LogP contribution in [-0.2, 0) is 6.54 Å². The molecule has 2 aromatic rings. The largest absolute Gasteiger partial charge is 0.484 e. The van der Waals surface area contributed by atoms with Crippen LogP contribution >= 0.6 is 0 Å². The summed E-state index contributed by atoms with van der Waals surface area (Å²) in [6.45, 7) is 2.35. The predicted molar refractivity (Wildman–Crippen MR) is 104 cm³/mol. The summed E-state index contributed by atoms with van der Waals surface area (Å²) in [5, 5.41) is 3.29. The number of nitrogens with one attached hydrogen (secondary N) is 1. The van der Waals surface area contributed by atoms with E-state index in [2.05, 4.69) is 30.1 Å². The van der Waals surface area contributed by atoms with Crippen molar-refractivity contribution in [3.05, 3.63) is 48.3 Å². The van der Waals surface area contributed by atoms with Gasteiger partial charge in [0.15, 0.2) is 12.6 Å². The third-order valence-electron chi connectivity index (χ3n) is 4.40. The van der Waals surface area contributed by atoms with Crippen LogP contribution < -0.4 is 15.0 Å². The van der Waals surface area contributed by atoms with Crippen LogP contribution in [0.4, 0.5) is 19.1 Å². The maximum atomic E-state index is 12.2. The van der Waals surface area contributed by atoms with Gasteiger partial charge in [0.2, 0.25) is 5.95 Å². The van der Waals surface area contributed by atoms with Gasteiger partial charge in [-0.1, -0.05) is 12.1 Å². The number of guanidine groups is 1. The summed E-state index contributed by atoms with van der Waals surface area (Å²) >= 11 is 0. The first kappa shape index (κ1) is 20.7. The van der Waals surface area contributed by atoms with Crippen molar-refractivity contribution in [2.24, 2.45) is 4.99 Å². The number of ether oxygens (including phenoxy) is 1. The van der Waals surface area contributed by atoms with Crippen molar-refractivity contribution in [2.75, 3.05) is 44.7 Å². The molecule has 0 radical (unpaired) electrons. The normalized spacial score (nSPS) is 15.4. The average Bonchev–Trinajstić information content (AvgIpc) is 2.74. The summed E-state index contributed by atoms with van der Waals surface area (Å²) in [7, 11) is 1.73. The average molecular weight is 408 g/mol. The molecule has 0 saturated carbocycles. The molecular formula is C19H23F3N6O. The van der Waals surface area contributed by atoms with Gasteiger partial charge in [0.05, 0.1) is 0 Å². The van der Waals surface area contributed by atoms with Gasteiger partial charge >= 0.3 is 6.18 Å². The molecule has 1 aliphatic rings. The van der Waals surface area contributed by atoms with Crippen LogP contribution in [-0.4, -0.2) is 66.8 Å². The third-order valence-corrected chi connectivity index (χ3v) is 4.40. The number of alkyl halides is 3. The second kappa shape index (κ2) is 9.44. The number of aromatic nitrogens is 2. The SMILES string of the molecule is CN=C(NCc1ccc(OCC(F)(F)F)cc1)N1CCN(c2ncccn2)CC1. The Hall–Kier alpha value is -3.04. The minimum Gasteiger partial charge on any atom is -0.484 e. The van der Waals surface area contributed by atoms with E-state index < -0.39 is 12.8 Å². The lowest BCUT2D eigenvalue weighted by Crippen LogP contribution is -2.52. The second-order valence-corrected chi connectivity index (χ2v) is 6.47. The van der Waals surface area contributed by atoms with E-state index in [4.69, 9.17) is 4.74 Å². The first-order valence-electron chi connectivity index (χ1n) is 9.20. The van der Waals surface area contributed by atoms with Crippen molar-refractivity contribution in [2.45, 2.75) is 12.7 Å². The molecule has 0 amide bonds. The summed E-state index contributed by atoms with van der Waals surface area (Å²) < 4.78 is 41.3. The van der Waals surface area contributed by atoms with Crippen molar-refractivity contribution < 1.29 is 17.9 Å². The van der Waals surface area contributed by atoms with Gasteiger partial charge in [-0.25, -0.2) is 9.97 Å². The molecule has 1 aromatic carbocycles. The van der Waals surface area contributed by atoms with E-state index in [0.29, 0.717) is 6.54 Å². The van der Waals surface area contributed by atoms with Gasteiger partial charge in [0.25, 0.3) is 0 Å². The lowest BCUT2D eigenvalue weighted by Gasteiger charge is -2.36. The first-order chi connectivity index (χ1) is 13.9. The van der Waals surface area contributed by atoms with E-state index >= 15 is 0 Å². The highest BCUT2D eigenvalue weighted by molar-refractivity contribution is 5.80. The van der Waals surface area contributed by atoms with Crippen LogP contribution in [0.25, 0.3) is 0 Å². The zero-order valence-electron chi connectivity index (χ0n) is 16.1. The number of halogens is 3. The molecule has 10 heteroatoms. The molecular weight excluding hydrogens is 385 g/mol. The molecule has 1 saturated heterocycles. The lowest BCUT2D eigenvalue weighted by atomic mass is 10.2. The fourth-order valence-corrected chi connectivity index (χ4v) is 2.95. The highest BCUT2D eigenvalue weighted by Gasteiger charge is 2.28. The first-order valence-corrected chi connectivity index (χ1v) is 9.20. The van der Waals surface area contributed by atoms with Crippen molar-refractivity contribution in [3.63, 3.8) is 0 Å². The van der Waals surface area contributed by atoms with Crippen molar-refractivity contribution in [1.29, 1.82) is 0 Å². The van der Waals surface area contributed by atoms with Crippen LogP contribution in [0, 0.1) is 0 Å². The summed E-state index contributed by atoms with van der Waals surface area (Å²) in [4.78, 5) is 17.2. The number of benzene rings is 1. The summed E-state index contributed by atoms with van der Waals surface area (Å²) in [6, 6.07) is 8.32. The number of piperazine rings is 1. The number of nitrogens with zero attached hydrogens (tertiary/aromatic N) is 5. The van der Waals surface area contributed by atoms with Crippen LogP contribution in [0.3, 0.4) is 0 Å². The van der Waals surface area contributed by atoms with E-state index in [1.54, 1.807) is 37.6 Å². The van der Waals surface area contributed by atoms with Gasteiger partial charge in [-0.15, -0.1) is 0 Å². The Bertz CT molecular complexity index is 790. The standard InChI is InChI=1S/C19H23F3N6O/c1-23-17(27-9-11-28(12-10-27)18-24-7-2-8-25-18)26-13-15-3-5-16(6-4-15)29-14-19(20,21)22/h2-8H,9-14H2,1H3,(H,23,26). The van der Waals surface area contributed by atoms with Gasteiger partial charge in [-0.2, -0.15) is 13.2 Å². The van der Waals surface area contributed by atoms with Gasteiger partial charge in [-0.3, -0.25) is 4.99 Å². The Labute approximate surface area is 167 Å². The molecule has 0 atom stereocenters. The fraction of sp³-hybridized carbons (Fsp3) is 0.421. The Morgan fingerprint density at radius 1 is 1.10 bits per heavy atom. The smallest absolute Gasteiger partial charge is 0.422 e. The van der Waals surface area contributed by atoms with E-state index in [-0.39, 0.29) is 5.75 Å². The number of hydrogen-bond donors (Lipinski definition) is 1. The van der Waals surface area contributed by atoms with Crippen LogP contribution in [0.2, 0.25) is 0 Å². The quantitative estimate of drug-likeness (QED) is 0.605. The molecule has 0 unspecified atom stereocenters. The van der Waals surface area contributed by atoms with Crippen molar-refractivity contribution >= 4 is 11.9 Å². The Morgan fingerprint density at radius 2 is 1.76 bits per heavy atom. The molecule has 1 aromatic heterocycles. The zero-order valence-corrected chi connectivity index (χ0v) is 16.1. The van der Waals surface area contributed by atoms with E-state index in [1.165, 1.54) is 12.1 Å². The predicted octanol–water partition coefficient (Wildman–Crippen LogP) is 2.32. The molecule has 7 nitrogen and oxygen atoms in total. The van der Waals surface area contributed by atoms with E-state index in [9.17, 15) is 13.2 Å². The zero-order chi connectivity index (χ0) is 20.7. The van der Waals surface area contributed by atoms with E-state index in [1.807, 2.05) is 0 Å². The number of aliphatic imine (C=N–C) groups is 1. The van der Waals surface area contributed by atoms with Crippen molar-refractivity contribution in [1.82, 2.24) is 20.2 Å². The third kappa shape index (κ3) is 6.23. The molecule has 0 bridgehead atoms. The van der Waals surface area contributed by atoms with Gasteiger partial charge < -0.3 is 19.9 Å². The number of anilines is 1. The maximum absolute atomic E-state index is 12.2. The topological polar surface area (TPSA) is 65.9 Å². The Balaban J connectivity index is 1.47. The summed E-state index contributed by atoms with van der Waals surface area (Å²) in [5.74, 6) is 1.69. The lowest BCUT2D eigenvalue weighted by molar-refractivity contribution is -0.153. The van der Waals surface area contributed by atoms with Crippen LogP contribution in [0.5, 0.6) is 5.75 Å². The van der Waals surface area contributed by atoms with Crippen molar-refractivity contribution in [3.8, 4) is 5.75 Å². The van der Waals surface area contributed by atoms with Gasteiger partial charge in [0, 0.05) is 52.2 Å². The molecule has 156 valence electrons. The molecule has 2 heterocycles. The van der Waals surface area contributed by atoms with Gasteiger partial charge in [-0.05, 0) is 23.8 Å². The number of rotatable bonds is 5. The fourth-order valence-electron chi connectivity index (χ4n) is 2.95. The van der Waals surface area contributed by atoms with E-state index in [0.717, 1.165) is 43.7 Å². The minimum absolute atomic E-state index is 0.190. The second-order valence-electron chi connectivity index (χ2n) is 6.47.